The summed E-state index contributed by atoms with van der Waals surface area (Å²) in [5, 5.41) is 2.48. The summed E-state index contributed by atoms with van der Waals surface area (Å²) in [6.07, 6.45) is 0. The van der Waals surface area contributed by atoms with Gasteiger partial charge in [0, 0.05) is 16.2 Å². The zero-order chi connectivity index (χ0) is 14.7. The largest absolute Gasteiger partial charge is 0.496 e. The molecule has 0 bridgehead atoms. The van der Waals surface area contributed by atoms with Gasteiger partial charge in [-0.25, -0.2) is 8.78 Å². The van der Waals surface area contributed by atoms with E-state index in [0.717, 1.165) is 16.6 Å². The lowest BCUT2D eigenvalue weighted by molar-refractivity contribution is 0.102. The number of anilines is 1. The fraction of sp³-hybridized carbons (Fsp3) is 0.0714. The van der Waals surface area contributed by atoms with Crippen LogP contribution in [0.4, 0.5) is 14.5 Å². The zero-order valence-electron chi connectivity index (χ0n) is 10.4. The first kappa shape index (κ1) is 14.5. The number of rotatable bonds is 3. The summed E-state index contributed by atoms with van der Waals surface area (Å²) < 4.78 is 31.7. The maximum absolute atomic E-state index is 13.1. The zero-order valence-corrected chi connectivity index (χ0v) is 12.0. The van der Waals surface area contributed by atoms with E-state index in [9.17, 15) is 13.6 Å². The molecule has 1 N–H and O–H groups in total. The summed E-state index contributed by atoms with van der Waals surface area (Å²) in [5.41, 5.74) is 0.458. The number of carbonyl (C=O) groups excluding carboxylic acids is 1. The quantitative estimate of drug-likeness (QED) is 0.916. The van der Waals surface area contributed by atoms with Crippen LogP contribution in [0.25, 0.3) is 0 Å². The molecule has 0 spiro atoms. The van der Waals surface area contributed by atoms with E-state index in [2.05, 4.69) is 21.2 Å². The lowest BCUT2D eigenvalue weighted by Gasteiger charge is -2.10. The Morgan fingerprint density at radius 1 is 1.15 bits per heavy atom. The summed E-state index contributed by atoms with van der Waals surface area (Å²) in [6.45, 7) is 0. The van der Waals surface area contributed by atoms with Gasteiger partial charge in [-0.2, -0.15) is 0 Å². The van der Waals surface area contributed by atoms with Crippen LogP contribution in [0, 0.1) is 11.6 Å². The summed E-state index contributed by atoms with van der Waals surface area (Å²) in [7, 11) is 1.44. The molecule has 2 aromatic carbocycles. The molecule has 0 atom stereocenters. The Morgan fingerprint density at radius 3 is 2.55 bits per heavy atom. The van der Waals surface area contributed by atoms with Crippen molar-refractivity contribution < 1.29 is 18.3 Å². The van der Waals surface area contributed by atoms with Crippen LogP contribution in [0.1, 0.15) is 10.4 Å². The van der Waals surface area contributed by atoms with Crippen molar-refractivity contribution in [3.05, 3.63) is 58.1 Å². The first-order valence-electron chi connectivity index (χ1n) is 5.61. The van der Waals surface area contributed by atoms with Gasteiger partial charge in [-0.1, -0.05) is 15.9 Å². The fourth-order valence-corrected chi connectivity index (χ4v) is 1.97. The van der Waals surface area contributed by atoms with E-state index >= 15 is 0 Å². The summed E-state index contributed by atoms with van der Waals surface area (Å²) in [6, 6.07) is 8.03. The number of amides is 1. The molecule has 0 fully saturated rings. The van der Waals surface area contributed by atoms with Gasteiger partial charge in [0.15, 0.2) is 11.6 Å². The highest BCUT2D eigenvalue weighted by Gasteiger charge is 2.13. The Hall–Kier alpha value is -1.95. The first-order valence-corrected chi connectivity index (χ1v) is 6.40. The standard InChI is InChI=1S/C14H10BrF2NO2/c1-20-13-6-8(15)2-4-10(13)14(19)18-9-3-5-11(16)12(17)7-9/h2-7H,1H3,(H,18,19). The Bertz CT molecular complexity index is 662. The highest BCUT2D eigenvalue weighted by Crippen LogP contribution is 2.24. The molecule has 0 unspecified atom stereocenters. The number of benzene rings is 2. The van der Waals surface area contributed by atoms with Crippen LogP contribution >= 0.6 is 15.9 Å². The van der Waals surface area contributed by atoms with Crippen LogP contribution in [0.3, 0.4) is 0 Å². The Balaban J connectivity index is 2.25. The molecule has 0 aromatic heterocycles. The van der Waals surface area contributed by atoms with E-state index in [1.54, 1.807) is 18.2 Å². The van der Waals surface area contributed by atoms with Crippen molar-refractivity contribution in [3.8, 4) is 5.75 Å². The number of carbonyl (C=O) groups is 1. The van der Waals surface area contributed by atoms with Gasteiger partial charge in [0.2, 0.25) is 0 Å². The number of methoxy groups -OCH3 is 1. The summed E-state index contributed by atoms with van der Waals surface area (Å²) in [4.78, 5) is 12.1. The molecule has 0 radical (unpaired) electrons. The van der Waals surface area contributed by atoms with Gasteiger partial charge in [0.1, 0.15) is 5.75 Å². The van der Waals surface area contributed by atoms with Crippen molar-refractivity contribution in [2.45, 2.75) is 0 Å². The minimum atomic E-state index is -1.02. The van der Waals surface area contributed by atoms with Crippen molar-refractivity contribution >= 4 is 27.5 Å². The lowest BCUT2D eigenvalue weighted by atomic mass is 10.2. The minimum Gasteiger partial charge on any atom is -0.496 e. The van der Waals surface area contributed by atoms with Gasteiger partial charge >= 0.3 is 0 Å². The minimum absolute atomic E-state index is 0.166. The van der Waals surface area contributed by atoms with Gasteiger partial charge in [-0.3, -0.25) is 4.79 Å². The van der Waals surface area contributed by atoms with Crippen molar-refractivity contribution in [1.29, 1.82) is 0 Å². The third-order valence-electron chi connectivity index (χ3n) is 2.59. The van der Waals surface area contributed by atoms with Crippen LogP contribution in [0.5, 0.6) is 5.75 Å². The second-order valence-electron chi connectivity index (χ2n) is 3.93. The van der Waals surface area contributed by atoms with Gasteiger partial charge in [-0.15, -0.1) is 0 Å². The molecule has 20 heavy (non-hydrogen) atoms. The maximum atomic E-state index is 13.1. The molecule has 2 rings (SSSR count). The number of halogens is 3. The highest BCUT2D eigenvalue weighted by molar-refractivity contribution is 9.10. The van der Waals surface area contributed by atoms with E-state index < -0.39 is 17.5 Å². The van der Waals surface area contributed by atoms with Crippen molar-refractivity contribution in [3.63, 3.8) is 0 Å². The molecule has 0 aliphatic heterocycles. The number of ether oxygens (including phenoxy) is 1. The number of hydrogen-bond donors (Lipinski definition) is 1. The second-order valence-corrected chi connectivity index (χ2v) is 4.84. The second kappa shape index (κ2) is 6.00. The van der Waals surface area contributed by atoms with Gasteiger partial charge in [0.05, 0.1) is 12.7 Å². The molecule has 0 aliphatic carbocycles. The number of hydrogen-bond acceptors (Lipinski definition) is 2. The predicted molar refractivity (Wildman–Crippen MR) is 75.0 cm³/mol. The molecule has 0 saturated carbocycles. The molecular formula is C14H10BrF2NO2. The SMILES string of the molecule is COc1cc(Br)ccc1C(=O)Nc1ccc(F)c(F)c1. The van der Waals surface area contributed by atoms with E-state index in [1.165, 1.54) is 13.2 Å². The number of nitrogens with one attached hydrogen (secondary N) is 1. The molecule has 2 aromatic rings. The van der Waals surface area contributed by atoms with Gasteiger partial charge in [-0.05, 0) is 30.3 Å². The molecule has 1 amide bonds. The Kier molecular flexibility index (Phi) is 4.34. The maximum Gasteiger partial charge on any atom is 0.259 e. The van der Waals surface area contributed by atoms with Crippen LogP contribution in [0.2, 0.25) is 0 Å². The van der Waals surface area contributed by atoms with Gasteiger partial charge < -0.3 is 10.1 Å². The average Bonchev–Trinajstić information content (AvgIpc) is 2.42. The van der Waals surface area contributed by atoms with Crippen LogP contribution in [0.15, 0.2) is 40.9 Å². The predicted octanol–water partition coefficient (Wildman–Crippen LogP) is 3.99. The smallest absolute Gasteiger partial charge is 0.259 e. The fourth-order valence-electron chi connectivity index (χ4n) is 1.62. The Labute approximate surface area is 122 Å². The average molecular weight is 342 g/mol. The molecule has 0 saturated heterocycles. The topological polar surface area (TPSA) is 38.3 Å². The first-order chi connectivity index (χ1) is 9.51. The summed E-state index contributed by atoms with van der Waals surface area (Å²) >= 11 is 3.27. The normalized spacial score (nSPS) is 10.2. The van der Waals surface area contributed by atoms with E-state index in [4.69, 9.17) is 4.74 Å². The van der Waals surface area contributed by atoms with E-state index in [1.807, 2.05) is 0 Å². The third kappa shape index (κ3) is 3.14. The van der Waals surface area contributed by atoms with Crippen molar-refractivity contribution in [2.75, 3.05) is 12.4 Å². The van der Waals surface area contributed by atoms with Crippen molar-refractivity contribution in [1.82, 2.24) is 0 Å². The summed E-state index contributed by atoms with van der Waals surface area (Å²) in [5.74, 6) is -2.09. The monoisotopic (exact) mass is 341 g/mol. The lowest BCUT2D eigenvalue weighted by Crippen LogP contribution is -2.13. The molecule has 3 nitrogen and oxygen atoms in total. The molecular weight excluding hydrogens is 332 g/mol. The van der Waals surface area contributed by atoms with Crippen molar-refractivity contribution in [2.24, 2.45) is 0 Å². The Morgan fingerprint density at radius 2 is 1.90 bits per heavy atom. The van der Waals surface area contributed by atoms with Gasteiger partial charge in [0.25, 0.3) is 5.91 Å². The molecule has 0 aliphatic rings. The van der Waals surface area contributed by atoms with Crippen LogP contribution in [-0.4, -0.2) is 13.0 Å². The van der Waals surface area contributed by atoms with Crippen LogP contribution in [-0.2, 0) is 0 Å². The van der Waals surface area contributed by atoms with Crippen LogP contribution < -0.4 is 10.1 Å². The highest BCUT2D eigenvalue weighted by atomic mass is 79.9. The molecule has 0 heterocycles. The van der Waals surface area contributed by atoms with E-state index in [0.29, 0.717) is 11.3 Å². The third-order valence-corrected chi connectivity index (χ3v) is 3.08. The molecule has 6 heteroatoms. The molecule has 104 valence electrons. The van der Waals surface area contributed by atoms with E-state index in [-0.39, 0.29) is 5.69 Å².